The van der Waals surface area contributed by atoms with Crippen molar-refractivity contribution < 1.29 is 19.1 Å². The SMILES string of the molecule is CC(C)C(OC(=O)N1CCCCC1)C(C)COC(=O)N1CCCCC1. The molecule has 0 aromatic rings. The first-order chi connectivity index (χ1) is 12.0. The van der Waals surface area contributed by atoms with Crippen molar-refractivity contribution in [2.45, 2.75) is 65.4 Å². The molecule has 0 radical (unpaired) electrons. The Morgan fingerprint density at radius 3 is 1.76 bits per heavy atom. The Hall–Kier alpha value is -1.46. The molecule has 0 saturated carbocycles. The number of carbonyl (C=O) groups is 2. The third-order valence-electron chi connectivity index (χ3n) is 5.15. The highest BCUT2D eigenvalue weighted by Crippen LogP contribution is 2.20. The zero-order valence-electron chi connectivity index (χ0n) is 16.0. The van der Waals surface area contributed by atoms with Gasteiger partial charge in [-0.3, -0.25) is 0 Å². The van der Waals surface area contributed by atoms with E-state index < -0.39 is 0 Å². The van der Waals surface area contributed by atoms with Crippen LogP contribution in [0, 0.1) is 11.8 Å². The van der Waals surface area contributed by atoms with Crippen LogP contribution in [0.2, 0.25) is 0 Å². The normalized spacial score (nSPS) is 21.0. The maximum absolute atomic E-state index is 12.4. The van der Waals surface area contributed by atoms with Crippen LogP contribution < -0.4 is 0 Å². The van der Waals surface area contributed by atoms with Crippen LogP contribution in [0.3, 0.4) is 0 Å². The summed E-state index contributed by atoms with van der Waals surface area (Å²) in [6.07, 6.45) is 5.84. The van der Waals surface area contributed by atoms with E-state index in [-0.39, 0.29) is 36.7 Å². The van der Waals surface area contributed by atoms with Gasteiger partial charge in [-0.25, -0.2) is 9.59 Å². The van der Waals surface area contributed by atoms with Gasteiger partial charge in [0.2, 0.25) is 0 Å². The summed E-state index contributed by atoms with van der Waals surface area (Å²) in [7, 11) is 0. The molecule has 144 valence electrons. The summed E-state index contributed by atoms with van der Waals surface area (Å²) in [4.78, 5) is 28.1. The van der Waals surface area contributed by atoms with E-state index in [0.29, 0.717) is 0 Å². The Labute approximate surface area is 151 Å². The fraction of sp³-hybridized carbons (Fsp3) is 0.895. The fourth-order valence-electron chi connectivity index (χ4n) is 3.64. The number of hydrogen-bond acceptors (Lipinski definition) is 4. The molecule has 2 amide bonds. The highest BCUT2D eigenvalue weighted by atomic mass is 16.6. The highest BCUT2D eigenvalue weighted by Gasteiger charge is 2.29. The molecule has 6 heteroatoms. The lowest BCUT2D eigenvalue weighted by Gasteiger charge is -2.32. The van der Waals surface area contributed by atoms with Crippen LogP contribution in [0.15, 0.2) is 0 Å². The van der Waals surface area contributed by atoms with Crippen LogP contribution in [0.25, 0.3) is 0 Å². The summed E-state index contributed by atoms with van der Waals surface area (Å²) in [5.74, 6) is 0.153. The highest BCUT2D eigenvalue weighted by molar-refractivity contribution is 5.68. The van der Waals surface area contributed by atoms with E-state index in [4.69, 9.17) is 9.47 Å². The topological polar surface area (TPSA) is 59.1 Å². The molecule has 0 aliphatic carbocycles. The van der Waals surface area contributed by atoms with Gasteiger partial charge in [-0.2, -0.15) is 0 Å². The second-order valence-electron chi connectivity index (χ2n) is 7.74. The number of ether oxygens (including phenoxy) is 2. The lowest BCUT2D eigenvalue weighted by Crippen LogP contribution is -2.42. The Bertz CT molecular complexity index is 429. The molecule has 2 atom stereocenters. The van der Waals surface area contributed by atoms with Gasteiger partial charge in [-0.1, -0.05) is 20.8 Å². The number of hydrogen-bond donors (Lipinski definition) is 0. The quantitative estimate of drug-likeness (QED) is 0.751. The molecule has 0 bridgehead atoms. The number of piperidine rings is 2. The van der Waals surface area contributed by atoms with Crippen molar-refractivity contribution in [1.29, 1.82) is 0 Å². The van der Waals surface area contributed by atoms with Gasteiger partial charge in [-0.15, -0.1) is 0 Å². The van der Waals surface area contributed by atoms with Gasteiger partial charge in [-0.05, 0) is 44.4 Å². The molecule has 0 aromatic carbocycles. The molecule has 2 heterocycles. The molecule has 0 N–H and O–H groups in total. The van der Waals surface area contributed by atoms with Crippen molar-refractivity contribution in [3.05, 3.63) is 0 Å². The van der Waals surface area contributed by atoms with Crippen LogP contribution in [-0.4, -0.2) is 60.9 Å². The van der Waals surface area contributed by atoms with Gasteiger partial charge in [0.05, 0.1) is 6.61 Å². The first-order valence-corrected chi connectivity index (χ1v) is 9.86. The van der Waals surface area contributed by atoms with E-state index in [2.05, 4.69) is 0 Å². The molecule has 25 heavy (non-hydrogen) atoms. The lowest BCUT2D eigenvalue weighted by atomic mass is 9.95. The number of nitrogens with zero attached hydrogens (tertiary/aromatic N) is 2. The van der Waals surface area contributed by atoms with Crippen molar-refractivity contribution in [1.82, 2.24) is 9.80 Å². The van der Waals surface area contributed by atoms with Crippen LogP contribution in [0.4, 0.5) is 9.59 Å². The second kappa shape index (κ2) is 9.88. The van der Waals surface area contributed by atoms with Gasteiger partial charge >= 0.3 is 12.2 Å². The Morgan fingerprint density at radius 1 is 0.800 bits per heavy atom. The van der Waals surface area contributed by atoms with Gasteiger partial charge in [0, 0.05) is 32.1 Å². The molecule has 2 fully saturated rings. The first-order valence-electron chi connectivity index (χ1n) is 9.86. The van der Waals surface area contributed by atoms with Crippen molar-refractivity contribution in [2.75, 3.05) is 32.8 Å². The fourth-order valence-corrected chi connectivity index (χ4v) is 3.64. The summed E-state index contributed by atoms with van der Waals surface area (Å²) < 4.78 is 11.3. The first kappa shape index (κ1) is 19.9. The molecule has 2 aliphatic heterocycles. The van der Waals surface area contributed by atoms with Gasteiger partial charge in [0.1, 0.15) is 6.10 Å². The molecular formula is C19H34N2O4. The van der Waals surface area contributed by atoms with Crippen LogP contribution in [0.1, 0.15) is 59.3 Å². The average Bonchev–Trinajstić information content (AvgIpc) is 2.64. The summed E-state index contributed by atoms with van der Waals surface area (Å²) in [5.41, 5.74) is 0. The van der Waals surface area contributed by atoms with Gasteiger partial charge < -0.3 is 19.3 Å². The minimum Gasteiger partial charge on any atom is -0.449 e. The molecule has 0 spiro atoms. The molecule has 6 nitrogen and oxygen atoms in total. The third kappa shape index (κ3) is 6.08. The number of amides is 2. The predicted molar refractivity (Wildman–Crippen MR) is 96.5 cm³/mol. The van der Waals surface area contributed by atoms with E-state index in [0.717, 1.165) is 51.9 Å². The van der Waals surface area contributed by atoms with Crippen molar-refractivity contribution in [3.8, 4) is 0 Å². The van der Waals surface area contributed by atoms with Crippen molar-refractivity contribution in [3.63, 3.8) is 0 Å². The Morgan fingerprint density at radius 2 is 1.28 bits per heavy atom. The third-order valence-corrected chi connectivity index (χ3v) is 5.15. The summed E-state index contributed by atoms with van der Waals surface area (Å²) in [6, 6.07) is 0. The molecule has 2 rings (SSSR count). The van der Waals surface area contributed by atoms with Crippen molar-refractivity contribution >= 4 is 12.2 Å². The summed E-state index contributed by atoms with van der Waals surface area (Å²) in [6.45, 7) is 9.47. The monoisotopic (exact) mass is 354 g/mol. The molecular weight excluding hydrogens is 320 g/mol. The Kier molecular flexibility index (Phi) is 7.85. The van der Waals surface area contributed by atoms with E-state index in [1.807, 2.05) is 20.8 Å². The van der Waals surface area contributed by atoms with E-state index in [1.54, 1.807) is 9.80 Å². The van der Waals surface area contributed by atoms with Crippen LogP contribution >= 0.6 is 0 Å². The number of carbonyl (C=O) groups excluding carboxylic acids is 2. The smallest absolute Gasteiger partial charge is 0.410 e. The minimum absolute atomic E-state index is 0.0255. The van der Waals surface area contributed by atoms with E-state index >= 15 is 0 Å². The zero-order chi connectivity index (χ0) is 18.2. The van der Waals surface area contributed by atoms with E-state index in [9.17, 15) is 9.59 Å². The lowest BCUT2D eigenvalue weighted by molar-refractivity contribution is -0.00932. The standard InChI is InChI=1S/C19H34N2O4/c1-15(2)17(25-19(23)21-12-8-5-9-13-21)16(3)14-24-18(22)20-10-6-4-7-11-20/h15-17H,4-14H2,1-3H3. The van der Waals surface area contributed by atoms with E-state index in [1.165, 1.54) is 12.8 Å². The predicted octanol–water partition coefficient (Wildman–Crippen LogP) is 3.89. The number of likely N-dealkylation sites (tertiary alicyclic amines) is 2. The summed E-state index contributed by atoms with van der Waals surface area (Å²) >= 11 is 0. The molecule has 2 saturated heterocycles. The molecule has 2 unspecified atom stereocenters. The maximum Gasteiger partial charge on any atom is 0.410 e. The van der Waals surface area contributed by atoms with Crippen LogP contribution in [0.5, 0.6) is 0 Å². The maximum atomic E-state index is 12.4. The number of rotatable bonds is 5. The van der Waals surface area contributed by atoms with Gasteiger partial charge in [0.25, 0.3) is 0 Å². The summed E-state index contributed by atoms with van der Waals surface area (Å²) in [5, 5.41) is 0. The second-order valence-corrected chi connectivity index (χ2v) is 7.74. The van der Waals surface area contributed by atoms with Crippen molar-refractivity contribution in [2.24, 2.45) is 11.8 Å². The molecule has 0 aromatic heterocycles. The molecule has 2 aliphatic rings. The average molecular weight is 354 g/mol. The van der Waals surface area contributed by atoms with Gasteiger partial charge in [0.15, 0.2) is 0 Å². The zero-order valence-corrected chi connectivity index (χ0v) is 16.0. The Balaban J connectivity index is 1.81. The van der Waals surface area contributed by atoms with Crippen LogP contribution in [-0.2, 0) is 9.47 Å². The minimum atomic E-state index is -0.247. The largest absolute Gasteiger partial charge is 0.449 e.